The van der Waals surface area contributed by atoms with E-state index in [1.807, 2.05) is 30.5 Å². The van der Waals surface area contributed by atoms with E-state index < -0.39 is 17.7 Å². The molecule has 156 valence electrons. The summed E-state index contributed by atoms with van der Waals surface area (Å²) in [5, 5.41) is 2.57. The van der Waals surface area contributed by atoms with Crippen molar-refractivity contribution < 1.29 is 23.9 Å². The molecule has 0 aromatic heterocycles. The van der Waals surface area contributed by atoms with Crippen LogP contribution in [0.25, 0.3) is 0 Å². The lowest BCUT2D eigenvalue weighted by Crippen LogP contribution is -2.33. The molecule has 0 atom stereocenters. The maximum atomic E-state index is 12.1. The molecule has 0 fully saturated rings. The van der Waals surface area contributed by atoms with Crippen LogP contribution in [0.3, 0.4) is 0 Å². The fourth-order valence-electron chi connectivity index (χ4n) is 2.15. The highest BCUT2D eigenvalue weighted by Crippen LogP contribution is 2.15. The van der Waals surface area contributed by atoms with E-state index in [2.05, 4.69) is 5.32 Å². The number of esters is 1. The lowest BCUT2D eigenvalue weighted by Gasteiger charge is -2.19. The average Bonchev–Trinajstić information content (AvgIpc) is 2.62. The molecule has 0 saturated carbocycles. The van der Waals surface area contributed by atoms with Crippen molar-refractivity contribution >= 4 is 29.7 Å². The minimum Gasteiger partial charge on any atom is -0.456 e. The predicted molar refractivity (Wildman–Crippen MR) is 109 cm³/mol. The Morgan fingerprint density at radius 3 is 2.36 bits per heavy atom. The van der Waals surface area contributed by atoms with Crippen LogP contribution in [0.1, 0.15) is 39.2 Å². The molecule has 7 nitrogen and oxygen atoms in total. The molecule has 8 heteroatoms. The van der Waals surface area contributed by atoms with Crippen LogP contribution in [-0.4, -0.2) is 54.9 Å². The van der Waals surface area contributed by atoms with Crippen LogP contribution >= 0.6 is 11.8 Å². The molecular weight excluding hydrogens is 380 g/mol. The van der Waals surface area contributed by atoms with Crippen molar-refractivity contribution in [1.82, 2.24) is 10.2 Å². The number of hydrogen-bond donors (Lipinski definition) is 1. The van der Waals surface area contributed by atoms with Crippen molar-refractivity contribution in [2.75, 3.05) is 26.5 Å². The third kappa shape index (κ3) is 10.2. The monoisotopic (exact) mass is 410 g/mol. The first-order chi connectivity index (χ1) is 13.1. The maximum Gasteiger partial charge on any atom is 0.407 e. The molecule has 1 aromatic rings. The average molecular weight is 411 g/mol. The summed E-state index contributed by atoms with van der Waals surface area (Å²) in [6.07, 6.45) is 2.00. The van der Waals surface area contributed by atoms with Crippen LogP contribution in [0, 0.1) is 0 Å². The molecule has 0 radical (unpaired) electrons. The molecule has 0 saturated heterocycles. The SMILES string of the molecule is CSc1ccc(CN(C)C(=O)COC(=O)CCCNC(=O)OC(C)(C)C)cc1. The van der Waals surface area contributed by atoms with Crippen molar-refractivity contribution in [3.63, 3.8) is 0 Å². The Hall–Kier alpha value is -2.22. The van der Waals surface area contributed by atoms with Gasteiger partial charge in [0, 0.05) is 31.5 Å². The zero-order valence-corrected chi connectivity index (χ0v) is 18.1. The first-order valence-electron chi connectivity index (χ1n) is 9.10. The lowest BCUT2D eigenvalue weighted by atomic mass is 10.2. The summed E-state index contributed by atoms with van der Waals surface area (Å²) in [4.78, 5) is 38.0. The molecule has 1 rings (SSSR count). The van der Waals surface area contributed by atoms with Gasteiger partial charge in [-0.2, -0.15) is 0 Å². The predicted octanol–water partition coefficient (Wildman–Crippen LogP) is 3.22. The molecule has 1 aromatic carbocycles. The van der Waals surface area contributed by atoms with Crippen molar-refractivity contribution in [2.45, 2.75) is 50.7 Å². The number of benzene rings is 1. The van der Waals surface area contributed by atoms with E-state index >= 15 is 0 Å². The van der Waals surface area contributed by atoms with Crippen molar-refractivity contribution in [2.24, 2.45) is 0 Å². The number of alkyl carbamates (subject to hydrolysis) is 1. The van der Waals surface area contributed by atoms with Crippen LogP contribution in [0.4, 0.5) is 4.79 Å². The summed E-state index contributed by atoms with van der Waals surface area (Å²) in [5.74, 6) is -0.744. The number of nitrogens with zero attached hydrogens (tertiary/aromatic N) is 1. The molecule has 0 aliphatic heterocycles. The largest absolute Gasteiger partial charge is 0.456 e. The van der Waals surface area contributed by atoms with Gasteiger partial charge in [-0.1, -0.05) is 12.1 Å². The van der Waals surface area contributed by atoms with Gasteiger partial charge in [-0.3, -0.25) is 9.59 Å². The molecule has 0 bridgehead atoms. The fourth-order valence-corrected chi connectivity index (χ4v) is 2.56. The van der Waals surface area contributed by atoms with Crippen LogP contribution in [0.2, 0.25) is 0 Å². The normalized spacial score (nSPS) is 10.9. The summed E-state index contributed by atoms with van der Waals surface area (Å²) in [6, 6.07) is 7.95. The van der Waals surface area contributed by atoms with E-state index in [9.17, 15) is 14.4 Å². The van der Waals surface area contributed by atoms with Gasteiger partial charge >= 0.3 is 12.1 Å². The zero-order chi connectivity index (χ0) is 21.2. The highest BCUT2D eigenvalue weighted by atomic mass is 32.2. The van der Waals surface area contributed by atoms with Gasteiger partial charge < -0.3 is 19.7 Å². The summed E-state index contributed by atoms with van der Waals surface area (Å²) in [7, 11) is 1.67. The maximum absolute atomic E-state index is 12.1. The third-order valence-electron chi connectivity index (χ3n) is 3.59. The van der Waals surface area contributed by atoms with Gasteiger partial charge in [-0.25, -0.2) is 4.79 Å². The van der Waals surface area contributed by atoms with E-state index in [0.29, 0.717) is 19.5 Å². The number of amides is 2. The summed E-state index contributed by atoms with van der Waals surface area (Å²) in [6.45, 7) is 5.78. The Kier molecular flexibility index (Phi) is 9.85. The smallest absolute Gasteiger partial charge is 0.407 e. The van der Waals surface area contributed by atoms with E-state index in [-0.39, 0.29) is 18.9 Å². The molecule has 0 spiro atoms. The van der Waals surface area contributed by atoms with Gasteiger partial charge in [0.05, 0.1) is 0 Å². The Morgan fingerprint density at radius 1 is 1.14 bits per heavy atom. The number of nitrogens with one attached hydrogen (secondary N) is 1. The van der Waals surface area contributed by atoms with Gasteiger partial charge in [0.1, 0.15) is 5.60 Å². The van der Waals surface area contributed by atoms with E-state index in [1.54, 1.807) is 39.6 Å². The Bertz CT molecular complexity index is 656. The summed E-state index contributed by atoms with van der Waals surface area (Å²) >= 11 is 1.66. The number of rotatable bonds is 9. The van der Waals surface area contributed by atoms with Crippen molar-refractivity contribution in [1.29, 1.82) is 0 Å². The number of hydrogen-bond acceptors (Lipinski definition) is 6. The highest BCUT2D eigenvalue weighted by molar-refractivity contribution is 7.98. The Balaban J connectivity index is 2.22. The minimum atomic E-state index is -0.563. The number of carbonyl (C=O) groups is 3. The van der Waals surface area contributed by atoms with Gasteiger partial charge in [0.2, 0.25) is 0 Å². The molecule has 2 amide bonds. The standard InChI is InChI=1S/C20H30N2O5S/c1-20(2,3)27-19(25)21-12-6-7-18(24)26-14-17(23)22(4)13-15-8-10-16(28-5)11-9-15/h8-11H,6-7,12-14H2,1-5H3,(H,21,25). The van der Waals surface area contributed by atoms with Gasteiger partial charge in [-0.05, 0) is 51.1 Å². The van der Waals surface area contributed by atoms with Crippen LogP contribution in [-0.2, 0) is 25.6 Å². The number of likely N-dealkylation sites (N-methyl/N-ethyl adjacent to an activating group) is 1. The third-order valence-corrected chi connectivity index (χ3v) is 4.33. The second-order valence-corrected chi connectivity index (χ2v) is 8.17. The lowest BCUT2D eigenvalue weighted by molar-refractivity contribution is -0.151. The molecule has 1 N–H and O–H groups in total. The zero-order valence-electron chi connectivity index (χ0n) is 17.2. The van der Waals surface area contributed by atoms with E-state index in [4.69, 9.17) is 9.47 Å². The second-order valence-electron chi connectivity index (χ2n) is 7.29. The van der Waals surface area contributed by atoms with E-state index in [1.165, 1.54) is 4.90 Å². The quantitative estimate of drug-likeness (QED) is 0.382. The summed E-state index contributed by atoms with van der Waals surface area (Å²) < 4.78 is 10.1. The molecular formula is C20H30N2O5S. The second kappa shape index (κ2) is 11.6. The Morgan fingerprint density at radius 2 is 1.79 bits per heavy atom. The Labute approximate surface area is 171 Å². The van der Waals surface area contributed by atoms with Gasteiger partial charge in [-0.15, -0.1) is 11.8 Å². The molecule has 0 unspecified atom stereocenters. The number of ether oxygens (including phenoxy) is 2. The highest BCUT2D eigenvalue weighted by Gasteiger charge is 2.16. The van der Waals surface area contributed by atoms with Crippen LogP contribution in [0.15, 0.2) is 29.2 Å². The molecule has 0 aliphatic carbocycles. The fraction of sp³-hybridized carbons (Fsp3) is 0.550. The minimum absolute atomic E-state index is 0.114. The van der Waals surface area contributed by atoms with Crippen molar-refractivity contribution in [3.05, 3.63) is 29.8 Å². The van der Waals surface area contributed by atoms with Gasteiger partial charge in [0.25, 0.3) is 5.91 Å². The van der Waals surface area contributed by atoms with Crippen LogP contribution in [0.5, 0.6) is 0 Å². The summed E-state index contributed by atoms with van der Waals surface area (Å²) in [5.41, 5.74) is 0.444. The first kappa shape index (κ1) is 23.8. The molecule has 0 aliphatic rings. The number of thioether (sulfide) groups is 1. The molecule has 28 heavy (non-hydrogen) atoms. The first-order valence-corrected chi connectivity index (χ1v) is 10.3. The number of carbonyl (C=O) groups excluding carboxylic acids is 3. The van der Waals surface area contributed by atoms with Gasteiger partial charge in [0.15, 0.2) is 6.61 Å². The topological polar surface area (TPSA) is 84.9 Å². The van der Waals surface area contributed by atoms with E-state index in [0.717, 1.165) is 10.5 Å². The van der Waals surface area contributed by atoms with Crippen LogP contribution < -0.4 is 5.32 Å². The van der Waals surface area contributed by atoms with Crippen molar-refractivity contribution in [3.8, 4) is 0 Å². The molecule has 0 heterocycles.